The standard InChI is InChI=1S/C15H21NO2S/c1-17-12-7-8-13(14(11-12)18-2)15(19)16-9-5-3-4-6-10-16/h7-8,11H,3-6,9-10H2,1-2H3. The average molecular weight is 279 g/mol. The van der Waals surface area contributed by atoms with Crippen molar-refractivity contribution in [2.75, 3.05) is 27.3 Å². The van der Waals surface area contributed by atoms with E-state index in [0.717, 1.165) is 35.1 Å². The van der Waals surface area contributed by atoms with Gasteiger partial charge < -0.3 is 14.4 Å². The first kappa shape index (κ1) is 14.1. The van der Waals surface area contributed by atoms with Crippen LogP contribution in [0.4, 0.5) is 0 Å². The predicted molar refractivity (Wildman–Crippen MR) is 81.3 cm³/mol. The Morgan fingerprint density at radius 2 is 1.74 bits per heavy atom. The molecular weight excluding hydrogens is 258 g/mol. The number of benzene rings is 1. The molecule has 0 aromatic heterocycles. The van der Waals surface area contributed by atoms with E-state index in [9.17, 15) is 0 Å². The van der Waals surface area contributed by atoms with Crippen LogP contribution in [0, 0.1) is 0 Å². The number of hydrogen-bond acceptors (Lipinski definition) is 3. The van der Waals surface area contributed by atoms with Crippen LogP contribution in [0.1, 0.15) is 31.2 Å². The first-order valence-corrected chi connectivity index (χ1v) is 7.18. The third kappa shape index (κ3) is 3.38. The van der Waals surface area contributed by atoms with Crippen LogP contribution < -0.4 is 9.47 Å². The number of nitrogens with zero attached hydrogens (tertiary/aromatic N) is 1. The molecule has 0 unspecified atom stereocenters. The van der Waals surface area contributed by atoms with E-state index < -0.39 is 0 Å². The summed E-state index contributed by atoms with van der Waals surface area (Å²) in [4.78, 5) is 3.19. The van der Waals surface area contributed by atoms with Gasteiger partial charge in [0, 0.05) is 19.2 Å². The third-order valence-electron chi connectivity index (χ3n) is 3.53. The van der Waals surface area contributed by atoms with Crippen LogP contribution >= 0.6 is 12.2 Å². The highest BCUT2D eigenvalue weighted by molar-refractivity contribution is 7.80. The molecule has 0 radical (unpaired) electrons. The summed E-state index contributed by atoms with van der Waals surface area (Å²) in [6.07, 6.45) is 5.05. The number of rotatable bonds is 3. The molecule has 1 aliphatic rings. The predicted octanol–water partition coefficient (Wildman–Crippen LogP) is 3.26. The van der Waals surface area contributed by atoms with Crippen molar-refractivity contribution in [2.24, 2.45) is 0 Å². The van der Waals surface area contributed by atoms with Crippen molar-refractivity contribution in [1.82, 2.24) is 4.90 Å². The fraction of sp³-hybridized carbons (Fsp3) is 0.533. The van der Waals surface area contributed by atoms with Crippen LogP contribution in [0.2, 0.25) is 0 Å². The van der Waals surface area contributed by atoms with Crippen LogP contribution in [0.5, 0.6) is 11.5 Å². The van der Waals surface area contributed by atoms with E-state index in [1.807, 2.05) is 18.2 Å². The van der Waals surface area contributed by atoms with Crippen LogP contribution in [-0.4, -0.2) is 37.2 Å². The van der Waals surface area contributed by atoms with Gasteiger partial charge in [0.2, 0.25) is 0 Å². The maximum absolute atomic E-state index is 5.64. The molecular formula is C15H21NO2S. The highest BCUT2D eigenvalue weighted by Crippen LogP contribution is 2.27. The quantitative estimate of drug-likeness (QED) is 0.792. The van der Waals surface area contributed by atoms with Gasteiger partial charge >= 0.3 is 0 Å². The van der Waals surface area contributed by atoms with Crippen molar-refractivity contribution in [3.63, 3.8) is 0 Å². The maximum atomic E-state index is 5.64. The Morgan fingerprint density at radius 1 is 1.05 bits per heavy atom. The Hall–Kier alpha value is -1.29. The number of likely N-dealkylation sites (tertiary alicyclic amines) is 1. The zero-order chi connectivity index (χ0) is 13.7. The fourth-order valence-corrected chi connectivity index (χ4v) is 2.77. The minimum atomic E-state index is 0.786. The lowest BCUT2D eigenvalue weighted by Crippen LogP contribution is -2.31. The molecule has 2 rings (SSSR count). The van der Waals surface area contributed by atoms with Gasteiger partial charge in [-0.25, -0.2) is 0 Å². The molecule has 0 bridgehead atoms. The van der Waals surface area contributed by atoms with Crippen molar-refractivity contribution in [3.05, 3.63) is 23.8 Å². The van der Waals surface area contributed by atoms with Crippen molar-refractivity contribution >= 4 is 17.2 Å². The van der Waals surface area contributed by atoms with Crippen LogP contribution in [-0.2, 0) is 0 Å². The summed E-state index contributed by atoms with van der Waals surface area (Å²) in [7, 11) is 3.32. The lowest BCUT2D eigenvalue weighted by atomic mass is 10.1. The summed E-state index contributed by atoms with van der Waals surface area (Å²) in [6, 6.07) is 5.81. The summed E-state index contributed by atoms with van der Waals surface area (Å²) in [5.41, 5.74) is 0.986. The molecule has 4 heteroatoms. The minimum absolute atomic E-state index is 0.786. The summed E-state index contributed by atoms with van der Waals surface area (Å²) in [6.45, 7) is 2.10. The van der Waals surface area contributed by atoms with Crippen LogP contribution in [0.15, 0.2) is 18.2 Å². The molecule has 1 aromatic rings. The van der Waals surface area contributed by atoms with Gasteiger partial charge in [0.05, 0.1) is 19.8 Å². The first-order chi connectivity index (χ1) is 9.26. The minimum Gasteiger partial charge on any atom is -0.497 e. The van der Waals surface area contributed by atoms with Gasteiger partial charge in [0.1, 0.15) is 16.5 Å². The number of methoxy groups -OCH3 is 2. The molecule has 0 atom stereocenters. The van der Waals surface area contributed by atoms with Gasteiger partial charge in [-0.15, -0.1) is 0 Å². The summed E-state index contributed by atoms with van der Waals surface area (Å²) < 4.78 is 10.7. The van der Waals surface area contributed by atoms with Gasteiger partial charge in [0.25, 0.3) is 0 Å². The summed E-state index contributed by atoms with van der Waals surface area (Å²) in [5.74, 6) is 1.58. The number of hydrogen-bond donors (Lipinski definition) is 0. The average Bonchev–Trinajstić information content (AvgIpc) is 2.74. The van der Waals surface area contributed by atoms with Crippen molar-refractivity contribution in [1.29, 1.82) is 0 Å². The van der Waals surface area contributed by atoms with Gasteiger partial charge in [0.15, 0.2) is 0 Å². The van der Waals surface area contributed by atoms with Crippen LogP contribution in [0.25, 0.3) is 0 Å². The van der Waals surface area contributed by atoms with Crippen molar-refractivity contribution in [2.45, 2.75) is 25.7 Å². The highest BCUT2D eigenvalue weighted by atomic mass is 32.1. The Morgan fingerprint density at radius 3 is 2.32 bits per heavy atom. The molecule has 0 spiro atoms. The highest BCUT2D eigenvalue weighted by Gasteiger charge is 2.17. The van der Waals surface area contributed by atoms with Gasteiger partial charge in [-0.05, 0) is 25.0 Å². The van der Waals surface area contributed by atoms with E-state index in [-0.39, 0.29) is 0 Å². The molecule has 0 amide bonds. The molecule has 0 saturated carbocycles. The SMILES string of the molecule is COc1ccc(C(=S)N2CCCCCC2)c(OC)c1. The van der Waals surface area contributed by atoms with Gasteiger partial charge in [-0.2, -0.15) is 0 Å². The zero-order valence-electron chi connectivity index (χ0n) is 11.6. The molecule has 1 aliphatic heterocycles. The van der Waals surface area contributed by atoms with E-state index in [4.69, 9.17) is 21.7 Å². The molecule has 3 nitrogen and oxygen atoms in total. The largest absolute Gasteiger partial charge is 0.497 e. The van der Waals surface area contributed by atoms with Crippen molar-refractivity contribution < 1.29 is 9.47 Å². The van der Waals surface area contributed by atoms with E-state index in [1.165, 1.54) is 25.7 Å². The summed E-state index contributed by atoms with van der Waals surface area (Å²) >= 11 is 5.64. The Labute approximate surface area is 120 Å². The zero-order valence-corrected chi connectivity index (χ0v) is 12.5. The topological polar surface area (TPSA) is 21.7 Å². The Bertz CT molecular complexity index is 440. The molecule has 0 N–H and O–H groups in total. The number of ether oxygens (including phenoxy) is 2. The van der Waals surface area contributed by atoms with Gasteiger partial charge in [-0.1, -0.05) is 25.1 Å². The molecule has 104 valence electrons. The fourth-order valence-electron chi connectivity index (χ4n) is 2.42. The second-order valence-corrected chi connectivity index (χ2v) is 5.16. The lowest BCUT2D eigenvalue weighted by Gasteiger charge is -2.24. The molecule has 1 fully saturated rings. The molecule has 19 heavy (non-hydrogen) atoms. The van der Waals surface area contributed by atoms with Gasteiger partial charge in [-0.3, -0.25) is 0 Å². The first-order valence-electron chi connectivity index (χ1n) is 6.77. The molecule has 0 aliphatic carbocycles. The molecule has 1 aromatic carbocycles. The smallest absolute Gasteiger partial charge is 0.132 e. The summed E-state index contributed by atoms with van der Waals surface area (Å²) in [5, 5.41) is 0. The van der Waals surface area contributed by atoms with E-state index in [0.29, 0.717) is 0 Å². The van der Waals surface area contributed by atoms with E-state index >= 15 is 0 Å². The normalized spacial score (nSPS) is 15.8. The Kier molecular flexibility index (Phi) is 5.02. The lowest BCUT2D eigenvalue weighted by molar-refractivity contribution is 0.391. The van der Waals surface area contributed by atoms with Crippen molar-refractivity contribution in [3.8, 4) is 11.5 Å². The van der Waals surface area contributed by atoms with E-state index in [2.05, 4.69) is 4.90 Å². The Balaban J connectivity index is 2.21. The van der Waals surface area contributed by atoms with E-state index in [1.54, 1.807) is 14.2 Å². The molecule has 1 saturated heterocycles. The maximum Gasteiger partial charge on any atom is 0.132 e. The van der Waals surface area contributed by atoms with Crippen LogP contribution in [0.3, 0.4) is 0 Å². The second kappa shape index (κ2) is 6.75. The molecule has 1 heterocycles. The monoisotopic (exact) mass is 279 g/mol. The second-order valence-electron chi connectivity index (χ2n) is 4.77. The third-order valence-corrected chi connectivity index (χ3v) is 4.01. The number of thiocarbonyl (C=S) groups is 1.